The summed E-state index contributed by atoms with van der Waals surface area (Å²) in [4.78, 5) is 14.3. The molecule has 0 amide bonds. The lowest BCUT2D eigenvalue weighted by Crippen LogP contribution is -2.31. The molecule has 2 aromatic carbocycles. The van der Waals surface area contributed by atoms with Crippen LogP contribution >= 0.6 is 0 Å². The highest BCUT2D eigenvalue weighted by atomic mass is 19.1. The van der Waals surface area contributed by atoms with Crippen molar-refractivity contribution in [3.05, 3.63) is 60.3 Å². The Labute approximate surface area is 215 Å². The van der Waals surface area contributed by atoms with Gasteiger partial charge in [-0.2, -0.15) is 5.26 Å². The minimum absolute atomic E-state index is 0.0192. The molecule has 0 bridgehead atoms. The van der Waals surface area contributed by atoms with Crippen LogP contribution in [0.4, 0.5) is 10.1 Å². The third kappa shape index (κ3) is 4.30. The van der Waals surface area contributed by atoms with Crippen molar-refractivity contribution >= 4 is 16.7 Å². The number of ether oxygens (including phenoxy) is 1. The van der Waals surface area contributed by atoms with Gasteiger partial charge in [0.2, 0.25) is 0 Å². The van der Waals surface area contributed by atoms with Gasteiger partial charge in [-0.15, -0.1) is 0 Å². The van der Waals surface area contributed by atoms with Gasteiger partial charge in [0.1, 0.15) is 29.8 Å². The molecule has 8 heteroatoms. The van der Waals surface area contributed by atoms with Crippen LogP contribution in [0, 0.1) is 23.1 Å². The van der Waals surface area contributed by atoms with E-state index >= 15 is 0 Å². The Morgan fingerprint density at radius 2 is 1.86 bits per heavy atom. The molecule has 0 unspecified atom stereocenters. The minimum Gasteiger partial charge on any atom is -0.490 e. The van der Waals surface area contributed by atoms with Crippen molar-refractivity contribution in [1.29, 1.82) is 5.26 Å². The number of hydrogen-bond acceptors (Lipinski definition) is 6. The quantitative estimate of drug-likeness (QED) is 0.398. The van der Waals surface area contributed by atoms with Gasteiger partial charge in [-0.1, -0.05) is 6.07 Å². The average molecular weight is 497 g/mol. The van der Waals surface area contributed by atoms with Gasteiger partial charge in [0.05, 0.1) is 41.5 Å². The summed E-state index contributed by atoms with van der Waals surface area (Å²) in [5.41, 5.74) is 5.77. The molecule has 4 heterocycles. The minimum atomic E-state index is -0.549. The third-order valence-electron chi connectivity index (χ3n) is 7.67. The number of benzene rings is 2. The van der Waals surface area contributed by atoms with Gasteiger partial charge in [0, 0.05) is 24.7 Å². The second kappa shape index (κ2) is 9.49. The van der Waals surface area contributed by atoms with Crippen molar-refractivity contribution in [2.24, 2.45) is 5.92 Å². The fourth-order valence-corrected chi connectivity index (χ4v) is 5.44. The van der Waals surface area contributed by atoms with Crippen molar-refractivity contribution < 1.29 is 9.13 Å². The van der Waals surface area contributed by atoms with Crippen molar-refractivity contribution in [1.82, 2.24) is 19.4 Å². The highest BCUT2D eigenvalue weighted by Gasteiger charge is 2.23. The number of halogens is 1. The molecule has 6 rings (SSSR count). The molecule has 0 atom stereocenters. The number of likely N-dealkylation sites (tertiary alicyclic amines) is 1. The molecule has 7 nitrogen and oxygen atoms in total. The van der Waals surface area contributed by atoms with Crippen LogP contribution < -0.4 is 9.64 Å². The Hall–Kier alpha value is -3.96. The number of fused-ring (bicyclic) bond motifs is 2. The molecule has 2 aliphatic heterocycles. The maximum Gasteiger partial charge on any atom is 0.142 e. The lowest BCUT2D eigenvalue weighted by atomic mass is 9.96. The summed E-state index contributed by atoms with van der Waals surface area (Å²) in [6, 6.07) is 12.7. The standard InChI is InChI=1S/C29H29FN6O/c1-34-9-7-19(8-10-34)17-36-18-33-29-25(36)16-32-28(27(29)20-3-4-22(15-31)23(30)13-20)21-5-6-26-24(14-21)35(2)11-12-37-26/h3-6,13-14,16,18-19H,7-12,17H2,1-2H3. The van der Waals surface area contributed by atoms with Gasteiger partial charge in [0.15, 0.2) is 0 Å². The molecule has 1 saturated heterocycles. The van der Waals surface area contributed by atoms with Gasteiger partial charge >= 0.3 is 0 Å². The number of pyridine rings is 1. The second-order valence-corrected chi connectivity index (χ2v) is 10.1. The maximum atomic E-state index is 14.8. The maximum absolute atomic E-state index is 14.8. The lowest BCUT2D eigenvalue weighted by Gasteiger charge is -2.29. The number of rotatable bonds is 4. The molecule has 0 saturated carbocycles. The molecular weight excluding hydrogens is 467 g/mol. The summed E-state index contributed by atoms with van der Waals surface area (Å²) in [5.74, 6) is 0.875. The number of piperidine rings is 1. The SMILES string of the molecule is CN1CCC(Cn2cnc3c(-c4ccc(C#N)c(F)c4)c(-c4ccc5c(c4)N(C)CCO5)ncc32)CC1. The lowest BCUT2D eigenvalue weighted by molar-refractivity contribution is 0.206. The van der Waals surface area contributed by atoms with Gasteiger partial charge < -0.3 is 19.1 Å². The van der Waals surface area contributed by atoms with E-state index in [-0.39, 0.29) is 5.56 Å². The van der Waals surface area contributed by atoms with Crippen LogP contribution in [0.5, 0.6) is 5.75 Å². The molecular formula is C29H29FN6O. The topological polar surface area (TPSA) is 70.2 Å². The van der Waals surface area contributed by atoms with Crippen LogP contribution in [0.25, 0.3) is 33.4 Å². The second-order valence-electron chi connectivity index (χ2n) is 10.1. The number of nitrogens with zero attached hydrogens (tertiary/aromatic N) is 6. The van der Waals surface area contributed by atoms with Crippen LogP contribution in [0.3, 0.4) is 0 Å². The zero-order valence-corrected chi connectivity index (χ0v) is 21.1. The smallest absolute Gasteiger partial charge is 0.142 e. The highest BCUT2D eigenvalue weighted by Crippen LogP contribution is 2.40. The fraction of sp³-hybridized carbons (Fsp3) is 0.345. The first-order chi connectivity index (χ1) is 18.0. The number of nitriles is 1. The average Bonchev–Trinajstić information content (AvgIpc) is 3.32. The van der Waals surface area contributed by atoms with E-state index in [2.05, 4.69) is 27.5 Å². The summed E-state index contributed by atoms with van der Waals surface area (Å²) < 4.78 is 22.8. The van der Waals surface area contributed by atoms with Crippen molar-refractivity contribution in [3.63, 3.8) is 0 Å². The van der Waals surface area contributed by atoms with Crippen molar-refractivity contribution in [2.45, 2.75) is 19.4 Å². The van der Waals surface area contributed by atoms with E-state index in [9.17, 15) is 9.65 Å². The fourth-order valence-electron chi connectivity index (χ4n) is 5.44. The first-order valence-corrected chi connectivity index (χ1v) is 12.7. The zero-order valence-electron chi connectivity index (χ0n) is 21.1. The molecule has 1 fully saturated rings. The number of aromatic nitrogens is 3. The van der Waals surface area contributed by atoms with Crippen LogP contribution in [0.15, 0.2) is 48.9 Å². The predicted molar refractivity (Wildman–Crippen MR) is 142 cm³/mol. The predicted octanol–water partition coefficient (Wildman–Crippen LogP) is 4.95. The van der Waals surface area contributed by atoms with E-state index in [1.165, 1.54) is 12.1 Å². The summed E-state index contributed by atoms with van der Waals surface area (Å²) in [5, 5.41) is 9.26. The van der Waals surface area contributed by atoms with Gasteiger partial charge in [-0.25, -0.2) is 9.37 Å². The molecule has 0 radical (unpaired) electrons. The Balaban J connectivity index is 1.49. The van der Waals surface area contributed by atoms with Crippen LogP contribution in [-0.4, -0.2) is 59.8 Å². The molecule has 0 N–H and O–H groups in total. The van der Waals surface area contributed by atoms with Gasteiger partial charge in [0.25, 0.3) is 0 Å². The van der Waals surface area contributed by atoms with E-state index in [1.54, 1.807) is 6.07 Å². The van der Waals surface area contributed by atoms with Crippen LogP contribution in [0.1, 0.15) is 18.4 Å². The first-order valence-electron chi connectivity index (χ1n) is 12.7. The van der Waals surface area contributed by atoms with E-state index < -0.39 is 5.82 Å². The van der Waals surface area contributed by atoms with E-state index in [1.807, 2.05) is 37.8 Å². The molecule has 0 aliphatic carbocycles. The molecule has 188 valence electrons. The molecule has 37 heavy (non-hydrogen) atoms. The molecule has 0 spiro atoms. The Morgan fingerprint density at radius 3 is 2.65 bits per heavy atom. The molecule has 2 aliphatic rings. The van der Waals surface area contributed by atoms with Crippen LogP contribution in [-0.2, 0) is 6.54 Å². The Morgan fingerprint density at radius 1 is 1.05 bits per heavy atom. The Kier molecular flexibility index (Phi) is 6.01. The summed E-state index contributed by atoms with van der Waals surface area (Å²) in [6.45, 7) is 4.54. The van der Waals surface area contributed by atoms with E-state index in [0.29, 0.717) is 18.1 Å². The number of hydrogen-bond donors (Lipinski definition) is 0. The third-order valence-corrected chi connectivity index (χ3v) is 7.67. The number of imidazole rings is 1. The van der Waals surface area contributed by atoms with Gasteiger partial charge in [-0.05, 0) is 74.8 Å². The number of likely N-dealkylation sites (N-methyl/N-ethyl adjacent to an activating group) is 1. The van der Waals surface area contributed by atoms with Crippen LogP contribution in [0.2, 0.25) is 0 Å². The monoisotopic (exact) mass is 496 g/mol. The van der Waals surface area contributed by atoms with E-state index in [4.69, 9.17) is 14.7 Å². The zero-order chi connectivity index (χ0) is 25.5. The number of anilines is 1. The first kappa shape index (κ1) is 23.4. The largest absolute Gasteiger partial charge is 0.490 e. The highest BCUT2D eigenvalue weighted by molar-refractivity contribution is 5.99. The van der Waals surface area contributed by atoms with E-state index in [0.717, 1.165) is 78.3 Å². The summed E-state index contributed by atoms with van der Waals surface area (Å²) >= 11 is 0. The molecule has 2 aromatic heterocycles. The summed E-state index contributed by atoms with van der Waals surface area (Å²) in [6.07, 6.45) is 6.07. The molecule has 4 aromatic rings. The normalized spacial score (nSPS) is 16.4. The van der Waals surface area contributed by atoms with Crippen molar-refractivity contribution in [3.8, 4) is 34.2 Å². The Bertz CT molecular complexity index is 1520. The van der Waals surface area contributed by atoms with Crippen molar-refractivity contribution in [2.75, 3.05) is 45.2 Å². The van der Waals surface area contributed by atoms with Gasteiger partial charge in [-0.3, -0.25) is 4.98 Å². The summed E-state index contributed by atoms with van der Waals surface area (Å²) in [7, 11) is 4.21.